The van der Waals surface area contributed by atoms with Gasteiger partial charge in [0, 0.05) is 17.5 Å². The molecule has 0 aliphatic heterocycles. The fourth-order valence-corrected chi connectivity index (χ4v) is 4.24. The number of fused-ring (bicyclic) bond motifs is 1. The fraction of sp³-hybridized carbons (Fsp3) is 0.438. The number of nitrogens with one attached hydrogen (secondary N) is 1. The Labute approximate surface area is 129 Å². The van der Waals surface area contributed by atoms with Crippen LogP contribution in [0.1, 0.15) is 38.5 Å². The van der Waals surface area contributed by atoms with Gasteiger partial charge in [-0.2, -0.15) is 0 Å². The fourth-order valence-electron chi connectivity index (χ4n) is 2.90. The number of hydrogen-bond acceptors (Lipinski definition) is 4. The van der Waals surface area contributed by atoms with E-state index in [1.165, 1.54) is 37.1 Å². The van der Waals surface area contributed by atoms with Crippen molar-refractivity contribution in [2.24, 2.45) is 0 Å². The molecule has 0 unspecified atom stereocenters. The molecule has 1 N–H and O–H groups in total. The minimum absolute atomic E-state index is 0.0110. The third kappa shape index (κ3) is 3.39. The van der Waals surface area contributed by atoms with Crippen LogP contribution in [0.3, 0.4) is 0 Å². The lowest BCUT2D eigenvalue weighted by molar-refractivity contribution is 0.510. The van der Waals surface area contributed by atoms with E-state index in [-0.39, 0.29) is 10.9 Å². The van der Waals surface area contributed by atoms with Crippen molar-refractivity contribution in [3.63, 3.8) is 0 Å². The van der Waals surface area contributed by atoms with Gasteiger partial charge in [0.05, 0.1) is 4.90 Å². The van der Waals surface area contributed by atoms with Crippen LogP contribution in [0.4, 0.5) is 0 Å². The second kappa shape index (κ2) is 6.22. The summed E-state index contributed by atoms with van der Waals surface area (Å²) in [7, 11) is -3.55. The summed E-state index contributed by atoms with van der Waals surface area (Å²) >= 11 is 0. The molecular formula is C16H19NO4S. The molecule has 1 saturated carbocycles. The average Bonchev–Trinajstić information content (AvgIpc) is 2.74. The molecule has 1 aliphatic rings. The maximum Gasteiger partial charge on any atom is 0.336 e. The average molecular weight is 321 g/mol. The Balaban J connectivity index is 1.87. The molecule has 3 rings (SSSR count). The van der Waals surface area contributed by atoms with Crippen LogP contribution in [-0.2, 0) is 10.0 Å². The first kappa shape index (κ1) is 15.2. The summed E-state index contributed by atoms with van der Waals surface area (Å²) in [6, 6.07) is 7.42. The normalized spacial score (nSPS) is 17.5. The highest BCUT2D eigenvalue weighted by atomic mass is 32.2. The maximum atomic E-state index is 12.5. The van der Waals surface area contributed by atoms with Crippen LogP contribution in [0.15, 0.2) is 44.4 Å². The van der Waals surface area contributed by atoms with E-state index in [2.05, 4.69) is 4.72 Å². The highest BCUT2D eigenvalue weighted by Crippen LogP contribution is 2.21. The first-order valence-corrected chi connectivity index (χ1v) is 9.09. The smallest absolute Gasteiger partial charge is 0.336 e. The lowest BCUT2D eigenvalue weighted by Crippen LogP contribution is -2.34. The Kier molecular flexibility index (Phi) is 4.31. The Morgan fingerprint density at radius 3 is 2.45 bits per heavy atom. The molecule has 1 aromatic heterocycles. The van der Waals surface area contributed by atoms with E-state index in [1.807, 2.05) is 0 Å². The lowest BCUT2D eigenvalue weighted by Gasteiger charge is -2.16. The van der Waals surface area contributed by atoms with Crippen LogP contribution < -0.4 is 10.3 Å². The van der Waals surface area contributed by atoms with E-state index in [1.54, 1.807) is 6.07 Å². The Bertz CT molecular complexity index is 817. The van der Waals surface area contributed by atoms with Gasteiger partial charge in [-0.1, -0.05) is 25.7 Å². The minimum atomic E-state index is -3.55. The zero-order valence-corrected chi connectivity index (χ0v) is 13.1. The van der Waals surface area contributed by atoms with Crippen LogP contribution in [0.5, 0.6) is 0 Å². The van der Waals surface area contributed by atoms with Gasteiger partial charge in [0.25, 0.3) is 0 Å². The summed E-state index contributed by atoms with van der Waals surface area (Å²) < 4.78 is 32.9. The molecule has 0 atom stereocenters. The monoisotopic (exact) mass is 321 g/mol. The van der Waals surface area contributed by atoms with Crippen LogP contribution in [-0.4, -0.2) is 14.5 Å². The molecule has 0 saturated heterocycles. The first-order valence-electron chi connectivity index (χ1n) is 7.61. The summed E-state index contributed by atoms with van der Waals surface area (Å²) in [5, 5.41) is 0.600. The number of rotatable bonds is 3. The molecule has 1 aromatic carbocycles. The van der Waals surface area contributed by atoms with Crippen LogP contribution >= 0.6 is 0 Å². The van der Waals surface area contributed by atoms with Crippen molar-refractivity contribution in [2.45, 2.75) is 49.5 Å². The molecule has 1 aliphatic carbocycles. The van der Waals surface area contributed by atoms with E-state index in [0.29, 0.717) is 11.0 Å². The van der Waals surface area contributed by atoms with E-state index >= 15 is 0 Å². The molecule has 5 nitrogen and oxygen atoms in total. The summed E-state index contributed by atoms with van der Waals surface area (Å²) in [5.41, 5.74) is -0.0550. The van der Waals surface area contributed by atoms with E-state index in [0.717, 1.165) is 25.7 Å². The molecule has 2 aromatic rings. The predicted molar refractivity (Wildman–Crippen MR) is 84.3 cm³/mol. The van der Waals surface area contributed by atoms with Crippen molar-refractivity contribution in [3.8, 4) is 0 Å². The lowest BCUT2D eigenvalue weighted by atomic mass is 10.1. The zero-order chi connectivity index (χ0) is 15.6. The quantitative estimate of drug-likeness (QED) is 0.696. The maximum absolute atomic E-state index is 12.5. The Hall–Kier alpha value is -1.66. The molecule has 1 fully saturated rings. The van der Waals surface area contributed by atoms with Crippen LogP contribution in [0, 0.1) is 0 Å². The van der Waals surface area contributed by atoms with Gasteiger partial charge in [-0.15, -0.1) is 0 Å². The molecule has 1 heterocycles. The first-order chi connectivity index (χ1) is 10.5. The molecule has 0 bridgehead atoms. The molecular weight excluding hydrogens is 302 g/mol. The van der Waals surface area contributed by atoms with Crippen molar-refractivity contribution >= 4 is 21.0 Å². The van der Waals surface area contributed by atoms with Crippen molar-refractivity contribution in [1.29, 1.82) is 0 Å². The van der Waals surface area contributed by atoms with Crippen molar-refractivity contribution in [3.05, 3.63) is 40.8 Å². The summed E-state index contributed by atoms with van der Waals surface area (Å²) in [6.45, 7) is 0. The van der Waals surface area contributed by atoms with Gasteiger partial charge >= 0.3 is 5.63 Å². The standard InChI is InChI=1S/C16H19NO4S/c18-16-10-7-12-11-14(8-9-15(12)21-16)22(19,20)17-13-5-3-1-2-4-6-13/h7-11,13,17H,1-6H2. The van der Waals surface area contributed by atoms with Gasteiger partial charge < -0.3 is 4.42 Å². The van der Waals surface area contributed by atoms with E-state index in [9.17, 15) is 13.2 Å². The Morgan fingerprint density at radius 1 is 1.00 bits per heavy atom. The zero-order valence-electron chi connectivity index (χ0n) is 12.2. The van der Waals surface area contributed by atoms with Gasteiger partial charge in [0.2, 0.25) is 10.0 Å². The van der Waals surface area contributed by atoms with Crippen molar-refractivity contribution in [2.75, 3.05) is 0 Å². The highest BCUT2D eigenvalue weighted by molar-refractivity contribution is 7.89. The molecule has 22 heavy (non-hydrogen) atoms. The van der Waals surface area contributed by atoms with Crippen LogP contribution in [0.2, 0.25) is 0 Å². The van der Waals surface area contributed by atoms with Gasteiger partial charge in [-0.3, -0.25) is 0 Å². The Morgan fingerprint density at radius 2 is 1.73 bits per heavy atom. The van der Waals surface area contributed by atoms with Gasteiger partial charge in [-0.05, 0) is 37.1 Å². The van der Waals surface area contributed by atoms with E-state index in [4.69, 9.17) is 4.42 Å². The number of sulfonamides is 1. The minimum Gasteiger partial charge on any atom is -0.423 e. The van der Waals surface area contributed by atoms with Crippen molar-refractivity contribution in [1.82, 2.24) is 4.72 Å². The third-order valence-electron chi connectivity index (χ3n) is 4.08. The summed E-state index contributed by atoms with van der Waals surface area (Å²) in [4.78, 5) is 11.4. The van der Waals surface area contributed by atoms with Gasteiger partial charge in [0.1, 0.15) is 5.58 Å². The number of benzene rings is 1. The van der Waals surface area contributed by atoms with Crippen molar-refractivity contribution < 1.29 is 12.8 Å². The third-order valence-corrected chi connectivity index (χ3v) is 5.60. The molecule has 118 valence electrons. The predicted octanol–water partition coefficient (Wildman–Crippen LogP) is 2.79. The number of hydrogen-bond donors (Lipinski definition) is 1. The summed E-state index contributed by atoms with van der Waals surface area (Å²) in [6.07, 6.45) is 6.26. The van der Waals surface area contributed by atoms with Gasteiger partial charge in [0.15, 0.2) is 0 Å². The largest absolute Gasteiger partial charge is 0.423 e. The molecule has 0 amide bonds. The second-order valence-corrected chi connectivity index (χ2v) is 7.48. The van der Waals surface area contributed by atoms with E-state index < -0.39 is 15.6 Å². The topological polar surface area (TPSA) is 76.4 Å². The van der Waals surface area contributed by atoms with Gasteiger partial charge in [-0.25, -0.2) is 17.9 Å². The second-order valence-electron chi connectivity index (χ2n) is 5.76. The highest BCUT2D eigenvalue weighted by Gasteiger charge is 2.21. The molecule has 0 spiro atoms. The molecule has 6 heteroatoms. The summed E-state index contributed by atoms with van der Waals surface area (Å²) in [5.74, 6) is 0. The SMILES string of the molecule is O=c1ccc2cc(S(=O)(=O)NC3CCCCCC3)ccc2o1. The van der Waals surface area contributed by atoms with Crippen LogP contribution in [0.25, 0.3) is 11.0 Å². The molecule has 0 radical (unpaired) electrons.